The summed E-state index contributed by atoms with van der Waals surface area (Å²) in [6.07, 6.45) is 1.65. The predicted octanol–water partition coefficient (Wildman–Crippen LogP) is -1.72. The van der Waals surface area contributed by atoms with E-state index in [1.54, 1.807) is 24.3 Å². The van der Waals surface area contributed by atoms with E-state index in [4.69, 9.17) is 5.73 Å². The molecule has 3 aromatic rings. The molecule has 192 valence electrons. The standard InChI is InChI=1S/C23H27IN7O5/c1-23(2,3)24-16(32)9-8-15(21(35)36)29-19(33)12-4-6-13(7-5-12)26-10-14-11-27-18-17(28-14)20(34)31-22(25)30-18/h4-7,11,15,26H,8-10H2,1-3H3,(H,29,33)(H,35,36)(H3,25,27,30,31,34)/q-1/t15-/m0/s1. The minimum absolute atomic E-state index is 0.0400. The number of carboxylic acids is 1. The molecule has 0 spiro atoms. The van der Waals surface area contributed by atoms with Gasteiger partial charge >= 0.3 is 152 Å². The number of carbonyl (C=O) groups excluding carboxylic acids is 2. The van der Waals surface area contributed by atoms with Crippen LogP contribution in [-0.4, -0.2) is 50.2 Å². The molecule has 0 saturated heterocycles. The van der Waals surface area contributed by atoms with E-state index in [1.807, 2.05) is 20.8 Å². The van der Waals surface area contributed by atoms with Gasteiger partial charge in [0.2, 0.25) is 5.95 Å². The number of hydrogen-bond donors (Lipinski definition) is 5. The van der Waals surface area contributed by atoms with E-state index < -0.39 is 44.7 Å². The number of H-pyrrole nitrogens is 1. The van der Waals surface area contributed by atoms with Gasteiger partial charge in [-0.2, -0.15) is 4.98 Å². The van der Waals surface area contributed by atoms with Crippen LogP contribution in [-0.2, 0) is 16.1 Å². The van der Waals surface area contributed by atoms with Crippen LogP contribution >= 0.6 is 0 Å². The molecule has 1 atom stereocenters. The summed E-state index contributed by atoms with van der Waals surface area (Å²) in [5.41, 5.74) is 6.68. The van der Waals surface area contributed by atoms with Gasteiger partial charge in [-0.25, -0.2) is 9.97 Å². The van der Waals surface area contributed by atoms with Gasteiger partial charge in [0.1, 0.15) is 0 Å². The van der Waals surface area contributed by atoms with Gasteiger partial charge < -0.3 is 5.73 Å². The van der Waals surface area contributed by atoms with Crippen LogP contribution in [0.4, 0.5) is 11.6 Å². The van der Waals surface area contributed by atoms with Crippen LogP contribution in [0.2, 0.25) is 0 Å². The molecule has 2 heterocycles. The Labute approximate surface area is 216 Å². The van der Waals surface area contributed by atoms with Gasteiger partial charge in [-0.3, -0.25) is 9.78 Å². The number of carbonyl (C=O) groups is 3. The summed E-state index contributed by atoms with van der Waals surface area (Å²) >= 11 is -0.721. The number of amides is 1. The Morgan fingerprint density at radius 1 is 1.17 bits per heavy atom. The Kier molecular flexibility index (Phi) is 8.55. The number of benzene rings is 1. The maximum absolute atomic E-state index is 12.6. The van der Waals surface area contributed by atoms with Crippen molar-refractivity contribution in [3.63, 3.8) is 0 Å². The zero-order valence-corrected chi connectivity index (χ0v) is 22.1. The number of carboxylic acid groups (broad SMARTS) is 1. The molecule has 2 aromatic heterocycles. The summed E-state index contributed by atoms with van der Waals surface area (Å²) < 4.78 is -0.00360. The summed E-state index contributed by atoms with van der Waals surface area (Å²) in [5, 5.41) is 15.1. The first kappa shape index (κ1) is 27.0. The molecule has 0 radical (unpaired) electrons. The Hall–Kier alpha value is -3.62. The molecule has 0 unspecified atom stereocenters. The van der Waals surface area contributed by atoms with Crippen molar-refractivity contribution in [2.24, 2.45) is 0 Å². The number of nitrogens with one attached hydrogen (secondary N) is 3. The number of nitrogen functional groups attached to an aromatic ring is 1. The number of aromatic nitrogens is 4. The molecular formula is C23H27IN7O5-. The molecular weight excluding hydrogens is 581 g/mol. The molecule has 0 saturated carbocycles. The first-order valence-electron chi connectivity index (χ1n) is 11.0. The van der Waals surface area contributed by atoms with Crippen LogP contribution in [0.5, 0.6) is 0 Å². The Balaban J connectivity index is 1.57. The van der Waals surface area contributed by atoms with Crippen molar-refractivity contribution in [1.29, 1.82) is 0 Å². The normalized spacial score (nSPS) is 12.3. The first-order chi connectivity index (χ1) is 16.9. The number of aromatic amines is 1. The first-order valence-corrected chi connectivity index (χ1v) is 13.1. The van der Waals surface area contributed by atoms with Gasteiger partial charge in [0, 0.05) is 0 Å². The monoisotopic (exact) mass is 608 g/mol. The van der Waals surface area contributed by atoms with Gasteiger partial charge in [-0.05, 0) is 0 Å². The van der Waals surface area contributed by atoms with Gasteiger partial charge in [-0.15, -0.1) is 0 Å². The number of aliphatic carboxylic acids is 1. The molecule has 0 aliphatic heterocycles. The maximum atomic E-state index is 12.6. The SMILES string of the molecule is CC(C)(C)[I-]C(=O)CC[C@H](NC(=O)c1ccc(NCc2cnc3nc(N)[nH]c(=O)c3n2)cc1)C(=O)O. The Bertz CT molecular complexity index is 1340. The fraction of sp³-hybridized carbons (Fsp3) is 0.348. The molecule has 3 rings (SSSR count). The number of anilines is 2. The number of nitrogens with zero attached hydrogens (tertiary/aromatic N) is 3. The van der Waals surface area contributed by atoms with Crippen molar-refractivity contribution >= 4 is 38.5 Å². The van der Waals surface area contributed by atoms with E-state index in [0.717, 1.165) is 0 Å². The Morgan fingerprint density at radius 2 is 1.86 bits per heavy atom. The van der Waals surface area contributed by atoms with E-state index in [0.29, 0.717) is 11.4 Å². The number of halogens is 1. The topological polar surface area (TPSA) is 193 Å². The summed E-state index contributed by atoms with van der Waals surface area (Å²) in [4.78, 5) is 62.9. The molecule has 1 amide bonds. The third-order valence-corrected chi connectivity index (χ3v) is 7.49. The number of rotatable bonds is 10. The van der Waals surface area contributed by atoms with Crippen LogP contribution in [0.1, 0.15) is 49.7 Å². The van der Waals surface area contributed by atoms with E-state index >= 15 is 0 Å². The molecule has 0 bridgehead atoms. The minimum atomic E-state index is -1.18. The molecule has 1 aromatic carbocycles. The third-order valence-electron chi connectivity index (χ3n) is 4.73. The molecule has 0 aliphatic rings. The fourth-order valence-electron chi connectivity index (χ4n) is 3.11. The summed E-state index contributed by atoms with van der Waals surface area (Å²) in [7, 11) is 0. The molecule has 0 aliphatic carbocycles. The van der Waals surface area contributed by atoms with Crippen molar-refractivity contribution in [3.05, 3.63) is 52.1 Å². The van der Waals surface area contributed by atoms with Crippen LogP contribution in [0.25, 0.3) is 11.2 Å². The predicted molar refractivity (Wildman–Crippen MR) is 129 cm³/mol. The van der Waals surface area contributed by atoms with Gasteiger partial charge in [-0.1, -0.05) is 0 Å². The molecule has 6 N–H and O–H groups in total. The molecule has 13 heteroatoms. The second-order valence-corrected chi connectivity index (χ2v) is 13.8. The van der Waals surface area contributed by atoms with Crippen molar-refractivity contribution in [2.45, 2.75) is 49.6 Å². The van der Waals surface area contributed by atoms with E-state index in [2.05, 4.69) is 30.6 Å². The Morgan fingerprint density at radius 3 is 2.50 bits per heavy atom. The molecule has 12 nitrogen and oxygen atoms in total. The number of hydrogen-bond acceptors (Lipinski definition) is 9. The van der Waals surface area contributed by atoms with E-state index in [9.17, 15) is 24.3 Å². The van der Waals surface area contributed by atoms with Crippen LogP contribution in [0, 0.1) is 0 Å². The average Bonchev–Trinajstić information content (AvgIpc) is 2.79. The van der Waals surface area contributed by atoms with E-state index in [1.165, 1.54) is 6.20 Å². The fourth-order valence-corrected chi connectivity index (χ4v) is 5.49. The number of fused-ring (bicyclic) bond motifs is 1. The van der Waals surface area contributed by atoms with Gasteiger partial charge in [0.25, 0.3) is 5.56 Å². The number of alkyl halides is 1. The second-order valence-electron chi connectivity index (χ2n) is 8.84. The molecule has 0 fully saturated rings. The van der Waals surface area contributed by atoms with Crippen molar-refractivity contribution in [2.75, 3.05) is 11.1 Å². The zero-order chi connectivity index (χ0) is 26.5. The van der Waals surface area contributed by atoms with Gasteiger partial charge in [0.05, 0.1) is 11.9 Å². The average molecular weight is 608 g/mol. The summed E-state index contributed by atoms with van der Waals surface area (Å²) in [5.74, 6) is -1.77. The van der Waals surface area contributed by atoms with Crippen molar-refractivity contribution in [1.82, 2.24) is 25.3 Å². The zero-order valence-electron chi connectivity index (χ0n) is 20.0. The molecule has 36 heavy (non-hydrogen) atoms. The summed E-state index contributed by atoms with van der Waals surface area (Å²) in [6, 6.07) is 5.27. The van der Waals surface area contributed by atoms with Crippen molar-refractivity contribution in [3.8, 4) is 0 Å². The third kappa shape index (κ3) is 7.69. The number of nitrogens with two attached hydrogens (primary N) is 1. The van der Waals surface area contributed by atoms with Crippen molar-refractivity contribution < 1.29 is 40.7 Å². The van der Waals surface area contributed by atoms with Crippen LogP contribution in [0.15, 0.2) is 35.3 Å². The van der Waals surface area contributed by atoms with Crippen LogP contribution < -0.4 is 43.1 Å². The van der Waals surface area contributed by atoms with E-state index in [-0.39, 0.29) is 49.3 Å². The second kappa shape index (κ2) is 11.4. The summed E-state index contributed by atoms with van der Waals surface area (Å²) in [6.45, 7) is 6.21. The van der Waals surface area contributed by atoms with Gasteiger partial charge in [0.15, 0.2) is 11.2 Å². The quantitative estimate of drug-likeness (QED) is 0.101. The van der Waals surface area contributed by atoms with Crippen LogP contribution in [0.3, 0.4) is 0 Å².